The third-order valence-electron chi connectivity index (χ3n) is 5.59. The predicted molar refractivity (Wildman–Crippen MR) is 121 cm³/mol. The summed E-state index contributed by atoms with van der Waals surface area (Å²) in [6, 6.07) is 10.2. The van der Waals surface area contributed by atoms with Gasteiger partial charge in [-0.2, -0.15) is 13.2 Å². The Morgan fingerprint density at radius 3 is 2.45 bits per heavy atom. The molecule has 3 rings (SSSR count). The third-order valence-corrected chi connectivity index (χ3v) is 5.59. The van der Waals surface area contributed by atoms with Gasteiger partial charge in [0.25, 0.3) is 5.56 Å². The van der Waals surface area contributed by atoms with Crippen LogP contribution in [0, 0.1) is 5.41 Å². The molecule has 0 atom stereocenters. The number of aromatic nitrogens is 2. The van der Waals surface area contributed by atoms with E-state index >= 15 is 0 Å². The molecule has 0 spiro atoms. The van der Waals surface area contributed by atoms with Gasteiger partial charge in [0.05, 0.1) is 5.69 Å². The molecule has 1 amide bonds. The lowest BCUT2D eigenvalue weighted by atomic mass is 10.0. The first-order chi connectivity index (χ1) is 15.7. The topological polar surface area (TPSA) is 84.2 Å². The van der Waals surface area contributed by atoms with Crippen molar-refractivity contribution in [3.8, 4) is 11.3 Å². The number of rotatable bonds is 10. The van der Waals surface area contributed by atoms with E-state index in [0.717, 1.165) is 17.4 Å². The summed E-state index contributed by atoms with van der Waals surface area (Å²) < 4.78 is 38.9. The number of aliphatic hydroxyl groups is 1. The summed E-state index contributed by atoms with van der Waals surface area (Å²) in [5.41, 5.74) is 0.445. The Morgan fingerprint density at radius 1 is 1.21 bits per heavy atom. The number of halogens is 3. The molecule has 33 heavy (non-hydrogen) atoms. The molecule has 1 fully saturated rings. The summed E-state index contributed by atoms with van der Waals surface area (Å²) in [7, 11) is 0. The maximum atomic E-state index is 12.7. The monoisotopic (exact) mass is 467 g/mol. The Bertz CT molecular complexity index is 955. The second-order valence-corrected chi connectivity index (χ2v) is 8.07. The van der Waals surface area contributed by atoms with Crippen molar-refractivity contribution in [2.75, 3.05) is 13.2 Å². The second kappa shape index (κ2) is 12.0. The number of aryl methyl sites for hydroxylation is 1. The minimum absolute atomic E-state index is 0.0731. The van der Waals surface area contributed by atoms with E-state index < -0.39 is 24.1 Å². The molecular weight excluding hydrogens is 435 g/mol. The van der Waals surface area contributed by atoms with Crippen molar-refractivity contribution in [1.29, 1.82) is 0 Å². The van der Waals surface area contributed by atoms with E-state index in [2.05, 4.69) is 10.3 Å². The van der Waals surface area contributed by atoms with Crippen LogP contribution in [-0.4, -0.2) is 39.9 Å². The number of nitrogens with zero attached hydrogens (tertiary/aromatic N) is 2. The zero-order valence-electron chi connectivity index (χ0n) is 19.1. The Morgan fingerprint density at radius 2 is 1.88 bits per heavy atom. The lowest BCUT2D eigenvalue weighted by Crippen LogP contribution is -2.35. The minimum atomic E-state index is -4.30. The first-order valence-corrected chi connectivity index (χ1v) is 11.3. The fourth-order valence-electron chi connectivity index (χ4n) is 3.45. The average Bonchev–Trinajstić information content (AvgIpc) is 3.57. The van der Waals surface area contributed by atoms with Crippen LogP contribution in [0.2, 0.25) is 0 Å². The van der Waals surface area contributed by atoms with Gasteiger partial charge < -0.3 is 10.4 Å². The first kappa shape index (κ1) is 26.6. The van der Waals surface area contributed by atoms with Gasteiger partial charge in [-0.1, -0.05) is 44.2 Å². The number of hydrogen-bond acceptors (Lipinski definition) is 4. The second-order valence-electron chi connectivity index (χ2n) is 8.07. The summed E-state index contributed by atoms with van der Waals surface area (Å²) in [6.45, 7) is 4.14. The van der Waals surface area contributed by atoms with E-state index in [-0.39, 0.29) is 37.2 Å². The van der Waals surface area contributed by atoms with Crippen molar-refractivity contribution >= 4 is 5.91 Å². The van der Waals surface area contributed by atoms with Crippen LogP contribution in [0.4, 0.5) is 13.2 Å². The Hall–Kier alpha value is -2.68. The van der Waals surface area contributed by atoms with Crippen molar-refractivity contribution in [3.05, 3.63) is 52.6 Å². The maximum absolute atomic E-state index is 12.7. The number of benzene rings is 1. The molecule has 1 aromatic carbocycles. The summed E-state index contributed by atoms with van der Waals surface area (Å²) in [6.07, 6.45) is -3.10. The molecule has 0 saturated heterocycles. The number of amides is 1. The van der Waals surface area contributed by atoms with Crippen molar-refractivity contribution in [2.24, 2.45) is 5.41 Å². The van der Waals surface area contributed by atoms with Crippen LogP contribution in [0.5, 0.6) is 0 Å². The van der Waals surface area contributed by atoms with Gasteiger partial charge in [0, 0.05) is 37.6 Å². The molecule has 1 heterocycles. The molecule has 1 saturated carbocycles. The fraction of sp³-hybridized carbons (Fsp3) is 0.542. The van der Waals surface area contributed by atoms with Gasteiger partial charge in [-0.15, -0.1) is 0 Å². The van der Waals surface area contributed by atoms with Crippen LogP contribution in [0.3, 0.4) is 0 Å². The molecule has 9 heteroatoms. The molecule has 1 aliphatic rings. The molecule has 0 bridgehead atoms. The van der Waals surface area contributed by atoms with Gasteiger partial charge in [-0.05, 0) is 31.1 Å². The minimum Gasteiger partial charge on any atom is -0.396 e. The van der Waals surface area contributed by atoms with Gasteiger partial charge in [0.2, 0.25) is 5.91 Å². The number of carbonyl (C=O) groups excluding carboxylic acids is 1. The highest BCUT2D eigenvalue weighted by molar-refractivity contribution is 5.75. The molecule has 0 radical (unpaired) electrons. The fourth-order valence-corrected chi connectivity index (χ4v) is 3.45. The van der Waals surface area contributed by atoms with Gasteiger partial charge in [0.15, 0.2) is 0 Å². The van der Waals surface area contributed by atoms with Crippen LogP contribution in [0.25, 0.3) is 11.3 Å². The SMILES string of the molecule is CC.O=C(Cn1c(CCCC(F)(F)F)nc(-c2ccccc2)cc1=O)NCCC1(CO)CC1. The van der Waals surface area contributed by atoms with Crippen LogP contribution in [-0.2, 0) is 17.8 Å². The number of hydrogen-bond donors (Lipinski definition) is 2. The average molecular weight is 468 g/mol. The maximum Gasteiger partial charge on any atom is 0.389 e. The standard InChI is InChI=1S/C22H26F3N3O3.C2H6/c23-22(24,25)8-4-7-18-27-17(16-5-2-1-3-6-16)13-20(31)28(18)14-19(30)26-12-11-21(15-29)9-10-21;1-2/h1-3,5-6,13,29H,4,7-12,14-15H2,(H,26,30);1-2H3. The van der Waals surface area contributed by atoms with E-state index in [1.807, 2.05) is 19.9 Å². The first-order valence-electron chi connectivity index (χ1n) is 11.3. The summed E-state index contributed by atoms with van der Waals surface area (Å²) in [4.78, 5) is 29.5. The smallest absolute Gasteiger partial charge is 0.389 e. The molecule has 1 aromatic heterocycles. The van der Waals surface area contributed by atoms with Crippen molar-refractivity contribution in [2.45, 2.75) is 65.1 Å². The summed E-state index contributed by atoms with van der Waals surface area (Å²) >= 11 is 0. The zero-order valence-corrected chi connectivity index (χ0v) is 19.1. The Kier molecular flexibility index (Phi) is 9.64. The summed E-state index contributed by atoms with van der Waals surface area (Å²) in [5.74, 6) is -0.262. The molecule has 6 nitrogen and oxygen atoms in total. The normalized spacial score (nSPS) is 14.2. The van der Waals surface area contributed by atoms with Crippen LogP contribution in [0.15, 0.2) is 41.2 Å². The van der Waals surface area contributed by atoms with Crippen molar-refractivity contribution < 1.29 is 23.1 Å². The summed E-state index contributed by atoms with van der Waals surface area (Å²) in [5, 5.41) is 12.1. The zero-order chi connectivity index (χ0) is 24.5. The molecule has 0 aliphatic heterocycles. The Balaban J connectivity index is 0.00000187. The lowest BCUT2D eigenvalue weighted by Gasteiger charge is -2.15. The highest BCUT2D eigenvalue weighted by Crippen LogP contribution is 2.47. The largest absolute Gasteiger partial charge is 0.396 e. The van der Waals surface area contributed by atoms with E-state index in [1.165, 1.54) is 6.07 Å². The van der Waals surface area contributed by atoms with Gasteiger partial charge in [-0.3, -0.25) is 14.2 Å². The predicted octanol–water partition coefficient (Wildman–Crippen LogP) is 4.10. The van der Waals surface area contributed by atoms with E-state index in [0.29, 0.717) is 24.2 Å². The molecule has 2 N–H and O–H groups in total. The lowest BCUT2D eigenvalue weighted by molar-refractivity contribution is -0.135. The van der Waals surface area contributed by atoms with Gasteiger partial charge in [0.1, 0.15) is 12.4 Å². The third kappa shape index (κ3) is 8.31. The van der Waals surface area contributed by atoms with Crippen LogP contribution < -0.4 is 10.9 Å². The number of alkyl halides is 3. The van der Waals surface area contributed by atoms with Crippen molar-refractivity contribution in [1.82, 2.24) is 14.9 Å². The highest BCUT2D eigenvalue weighted by atomic mass is 19.4. The van der Waals surface area contributed by atoms with E-state index in [4.69, 9.17) is 0 Å². The molecular formula is C24H32F3N3O3. The van der Waals surface area contributed by atoms with Crippen LogP contribution >= 0.6 is 0 Å². The van der Waals surface area contributed by atoms with Crippen molar-refractivity contribution in [3.63, 3.8) is 0 Å². The molecule has 1 aliphatic carbocycles. The van der Waals surface area contributed by atoms with Crippen LogP contribution in [0.1, 0.15) is 51.8 Å². The van der Waals surface area contributed by atoms with E-state index in [1.54, 1.807) is 24.3 Å². The van der Waals surface area contributed by atoms with E-state index in [9.17, 15) is 27.9 Å². The Labute approximate surface area is 191 Å². The molecule has 182 valence electrons. The molecule has 2 aromatic rings. The number of carbonyl (C=O) groups is 1. The number of aliphatic hydroxyl groups excluding tert-OH is 1. The highest BCUT2D eigenvalue weighted by Gasteiger charge is 2.41. The van der Waals surface area contributed by atoms with Gasteiger partial charge >= 0.3 is 6.18 Å². The van der Waals surface area contributed by atoms with Gasteiger partial charge in [-0.25, -0.2) is 4.98 Å². The number of nitrogens with one attached hydrogen (secondary N) is 1. The quantitative estimate of drug-likeness (QED) is 0.551. The molecule has 0 unspecified atom stereocenters.